The molecule has 5 rings (SSSR count). The van der Waals surface area contributed by atoms with Crippen LogP contribution in [0.1, 0.15) is 16.7 Å². The Morgan fingerprint density at radius 2 is 2.00 bits per heavy atom. The fourth-order valence-corrected chi connectivity index (χ4v) is 2.62. The molecule has 2 nitrogen and oxygen atoms in total. The summed E-state index contributed by atoms with van der Waals surface area (Å²) >= 11 is 0. The average Bonchev–Trinajstić information content (AvgIpc) is 2.65. The van der Waals surface area contributed by atoms with Crippen molar-refractivity contribution < 1.29 is 9.52 Å². The monoisotopic (exact) mass is 209 g/mol. The maximum absolute atomic E-state index is 11.2. The second kappa shape index (κ2) is 2.66. The third-order valence-corrected chi connectivity index (χ3v) is 3.38. The van der Waals surface area contributed by atoms with Crippen molar-refractivity contribution in [3.63, 3.8) is 0 Å². The lowest BCUT2D eigenvalue weighted by Gasteiger charge is -2.15. The summed E-state index contributed by atoms with van der Waals surface area (Å²) < 4.78 is 5.78. The number of rotatable bonds is 1. The van der Waals surface area contributed by atoms with Gasteiger partial charge in [0.1, 0.15) is 17.8 Å². The second-order valence-electron chi connectivity index (χ2n) is 4.34. The topological polar surface area (TPSA) is 33.0 Å². The lowest BCUT2D eigenvalue weighted by Crippen LogP contribution is -2.00. The molecule has 2 aromatic carbocycles. The van der Waals surface area contributed by atoms with Gasteiger partial charge >= 0.3 is 0 Å². The van der Waals surface area contributed by atoms with Crippen LogP contribution in [0.5, 0.6) is 0 Å². The molecule has 3 aromatic rings. The van der Waals surface area contributed by atoms with Crippen LogP contribution in [0.25, 0.3) is 21.9 Å². The van der Waals surface area contributed by atoms with E-state index >= 15 is 0 Å². The summed E-state index contributed by atoms with van der Waals surface area (Å²) in [7, 11) is 0. The number of fused-ring (bicyclic) bond motifs is 1. The van der Waals surface area contributed by atoms with Crippen molar-refractivity contribution in [1.82, 2.24) is 0 Å². The predicted octanol–water partition coefficient (Wildman–Crippen LogP) is 3.42. The maximum atomic E-state index is 11.2. The third kappa shape index (κ3) is 0.859. The number of hydrogen-bond acceptors (Lipinski definition) is 1. The van der Waals surface area contributed by atoms with Gasteiger partial charge in [-0.05, 0) is 35.2 Å². The van der Waals surface area contributed by atoms with E-state index in [1.165, 1.54) is 11.1 Å². The van der Waals surface area contributed by atoms with Crippen molar-refractivity contribution in [2.24, 2.45) is 0 Å². The maximum Gasteiger partial charge on any atom is 0.136 e. The molecule has 0 saturated carbocycles. The molecule has 0 atom stereocenters. The lowest BCUT2D eigenvalue weighted by atomic mass is 9.88. The summed E-state index contributed by atoms with van der Waals surface area (Å²) in [6.07, 6.45) is 1.02. The highest BCUT2D eigenvalue weighted by molar-refractivity contribution is 6.09. The molecule has 2 heteroatoms. The van der Waals surface area contributed by atoms with E-state index in [2.05, 4.69) is 12.1 Å². The molecule has 0 saturated heterocycles. The van der Waals surface area contributed by atoms with E-state index < -0.39 is 0 Å². The molecule has 0 aliphatic heterocycles. The smallest absolute Gasteiger partial charge is 0.136 e. The molecule has 77 valence electrons. The van der Waals surface area contributed by atoms with E-state index in [0.29, 0.717) is 0 Å². The summed E-state index contributed by atoms with van der Waals surface area (Å²) in [5.74, 6) is 0. The molecule has 0 spiro atoms. The minimum atomic E-state index is -0.187. The zero-order chi connectivity index (χ0) is 10.7. The highest BCUT2D eigenvalue weighted by Gasteiger charge is 2.20. The first-order chi connectivity index (χ1) is 7.86. The zero-order valence-corrected chi connectivity index (χ0v) is 8.62. The molecule has 0 N–H and O–H groups in total. The van der Waals surface area contributed by atoms with Crippen molar-refractivity contribution in [2.45, 2.75) is 13.0 Å². The van der Waals surface area contributed by atoms with Crippen molar-refractivity contribution >= 4 is 21.9 Å². The minimum absolute atomic E-state index is 0.187. The molecule has 1 radical (unpaired) electrons. The van der Waals surface area contributed by atoms with E-state index in [-0.39, 0.29) is 6.61 Å². The van der Waals surface area contributed by atoms with Crippen molar-refractivity contribution in [3.05, 3.63) is 47.0 Å². The first-order valence-corrected chi connectivity index (χ1v) is 5.41. The molecule has 1 aromatic heterocycles. The summed E-state index contributed by atoms with van der Waals surface area (Å²) in [6.45, 7) is -0.187. The minimum Gasteiger partial charge on any atom is -0.456 e. The molecule has 2 bridgehead atoms. The molecule has 16 heavy (non-hydrogen) atoms. The van der Waals surface area contributed by atoms with Crippen LogP contribution in [0.4, 0.5) is 0 Å². The first kappa shape index (κ1) is 8.36. The Balaban J connectivity index is 2.30. The summed E-state index contributed by atoms with van der Waals surface area (Å²) in [5.41, 5.74) is 5.24. The molecule has 2 aliphatic rings. The van der Waals surface area contributed by atoms with Crippen LogP contribution in [0.3, 0.4) is 0 Å². The van der Waals surface area contributed by atoms with E-state index in [0.717, 1.165) is 33.9 Å². The molecule has 0 fully saturated rings. The molecule has 0 unspecified atom stereocenters. The van der Waals surface area contributed by atoms with E-state index in [4.69, 9.17) is 4.42 Å². The van der Waals surface area contributed by atoms with Crippen molar-refractivity contribution in [3.8, 4) is 0 Å². The van der Waals surface area contributed by atoms with Crippen LogP contribution >= 0.6 is 0 Å². The van der Waals surface area contributed by atoms with Gasteiger partial charge in [-0.2, -0.15) is 0 Å². The largest absolute Gasteiger partial charge is 0.456 e. The van der Waals surface area contributed by atoms with Crippen molar-refractivity contribution in [1.29, 1.82) is 0 Å². The Labute approximate surface area is 92.1 Å². The van der Waals surface area contributed by atoms with Gasteiger partial charge in [-0.3, -0.25) is 0 Å². The second-order valence-corrected chi connectivity index (χ2v) is 4.34. The Morgan fingerprint density at radius 1 is 1.12 bits per heavy atom. The SMILES string of the molecule is [O]Cc1cccc2oc3cc4cc(c3c12)C4. The fraction of sp³-hybridized carbons (Fsp3) is 0.143. The number of hydrogen-bond donors (Lipinski definition) is 0. The van der Waals surface area contributed by atoms with Gasteiger partial charge in [0.2, 0.25) is 0 Å². The Morgan fingerprint density at radius 3 is 2.81 bits per heavy atom. The van der Waals surface area contributed by atoms with Crippen LogP contribution in [0.15, 0.2) is 34.7 Å². The van der Waals surface area contributed by atoms with Crippen molar-refractivity contribution in [2.75, 3.05) is 0 Å². The first-order valence-electron chi connectivity index (χ1n) is 5.41. The Hall–Kier alpha value is -1.80. The van der Waals surface area contributed by atoms with Crippen LogP contribution in [0, 0.1) is 0 Å². The number of benzene rings is 2. The average molecular weight is 209 g/mol. The summed E-state index contributed by atoms with van der Waals surface area (Å²) in [4.78, 5) is 0. The molecular formula is C14H9O2. The zero-order valence-electron chi connectivity index (χ0n) is 8.62. The highest BCUT2D eigenvalue weighted by atomic mass is 16.3. The summed E-state index contributed by atoms with van der Waals surface area (Å²) in [5, 5.41) is 13.3. The molecule has 0 amide bonds. The summed E-state index contributed by atoms with van der Waals surface area (Å²) in [6, 6.07) is 9.97. The standard InChI is InChI=1S/C14H9O2/c15-7-9-2-1-3-11-13(9)14-10-4-8(5-10)6-12(14)16-11/h1-4,6H,5,7H2. The highest BCUT2D eigenvalue weighted by Crippen LogP contribution is 2.39. The van der Waals surface area contributed by atoms with Gasteiger partial charge in [0, 0.05) is 10.8 Å². The van der Waals surface area contributed by atoms with Gasteiger partial charge in [0.05, 0.1) is 0 Å². The predicted molar refractivity (Wildman–Crippen MR) is 60.9 cm³/mol. The van der Waals surface area contributed by atoms with Gasteiger partial charge < -0.3 is 4.42 Å². The lowest BCUT2D eigenvalue weighted by molar-refractivity contribution is 0.179. The normalized spacial score (nSPS) is 13.3. The van der Waals surface area contributed by atoms with Gasteiger partial charge in [-0.25, -0.2) is 5.11 Å². The van der Waals surface area contributed by atoms with Gasteiger partial charge in [0.25, 0.3) is 0 Å². The van der Waals surface area contributed by atoms with Crippen LogP contribution in [-0.2, 0) is 18.1 Å². The molecule has 1 heterocycles. The van der Waals surface area contributed by atoms with Gasteiger partial charge in [-0.1, -0.05) is 18.2 Å². The van der Waals surface area contributed by atoms with E-state index in [9.17, 15) is 5.11 Å². The third-order valence-electron chi connectivity index (χ3n) is 3.38. The van der Waals surface area contributed by atoms with Gasteiger partial charge in [-0.15, -0.1) is 0 Å². The fourth-order valence-electron chi connectivity index (χ4n) is 2.62. The van der Waals surface area contributed by atoms with Gasteiger partial charge in [0.15, 0.2) is 0 Å². The Bertz CT molecular complexity index is 722. The van der Waals surface area contributed by atoms with Crippen LogP contribution in [0.2, 0.25) is 0 Å². The van der Waals surface area contributed by atoms with E-state index in [1.807, 2.05) is 18.2 Å². The number of furan rings is 1. The Kier molecular flexibility index (Phi) is 1.39. The molecule has 2 aliphatic carbocycles. The van der Waals surface area contributed by atoms with Crippen LogP contribution in [-0.4, -0.2) is 0 Å². The quantitative estimate of drug-likeness (QED) is 0.472. The molecular weight excluding hydrogens is 200 g/mol. The van der Waals surface area contributed by atoms with E-state index in [1.54, 1.807) is 0 Å². The van der Waals surface area contributed by atoms with Crippen LogP contribution < -0.4 is 0 Å².